The van der Waals surface area contributed by atoms with Crippen LogP contribution in [0.5, 0.6) is 0 Å². The maximum absolute atomic E-state index is 12.1. The lowest BCUT2D eigenvalue weighted by molar-refractivity contribution is -0.122. The number of hydrogen-bond acceptors (Lipinski definition) is 3. The summed E-state index contributed by atoms with van der Waals surface area (Å²) in [6, 6.07) is 0.233. The summed E-state index contributed by atoms with van der Waals surface area (Å²) in [6.07, 6.45) is 4.97. The Bertz CT molecular complexity index is 248. The minimum Gasteiger partial charge on any atom is -0.352 e. The first-order chi connectivity index (χ1) is 9.40. The molecule has 0 radical (unpaired) electrons. The average Bonchev–Trinajstić information content (AvgIpc) is 2.35. The highest BCUT2D eigenvalue weighted by atomic mass is 16.1. The standard InChI is InChI=1S/C16H35N3O/c1-6-7-14(10-11-17)8-9-16(20)18-15(13(2)3)12-19(4)5/h13-15H,6-12,17H2,1-5H3,(H,18,20). The number of rotatable bonds is 11. The summed E-state index contributed by atoms with van der Waals surface area (Å²) in [6.45, 7) is 8.12. The maximum Gasteiger partial charge on any atom is 0.220 e. The highest BCUT2D eigenvalue weighted by Crippen LogP contribution is 2.17. The molecule has 4 heteroatoms. The van der Waals surface area contributed by atoms with Crippen molar-refractivity contribution in [3.05, 3.63) is 0 Å². The van der Waals surface area contributed by atoms with E-state index >= 15 is 0 Å². The van der Waals surface area contributed by atoms with E-state index in [1.165, 1.54) is 12.8 Å². The summed E-state index contributed by atoms with van der Waals surface area (Å²) in [4.78, 5) is 14.2. The van der Waals surface area contributed by atoms with E-state index in [1.807, 2.05) is 14.1 Å². The molecule has 0 aliphatic rings. The highest BCUT2D eigenvalue weighted by molar-refractivity contribution is 5.76. The van der Waals surface area contributed by atoms with Gasteiger partial charge in [0.15, 0.2) is 0 Å². The molecule has 4 nitrogen and oxygen atoms in total. The number of carbonyl (C=O) groups excluding carboxylic acids is 1. The maximum atomic E-state index is 12.1. The minimum atomic E-state index is 0.184. The van der Waals surface area contributed by atoms with E-state index in [0.717, 1.165) is 25.9 Å². The van der Waals surface area contributed by atoms with Crippen LogP contribution in [0.3, 0.4) is 0 Å². The summed E-state index contributed by atoms with van der Waals surface area (Å²) in [5.74, 6) is 1.24. The van der Waals surface area contributed by atoms with Crippen molar-refractivity contribution in [1.29, 1.82) is 0 Å². The first kappa shape index (κ1) is 19.4. The van der Waals surface area contributed by atoms with Gasteiger partial charge in [-0.25, -0.2) is 0 Å². The van der Waals surface area contributed by atoms with Gasteiger partial charge in [0.1, 0.15) is 0 Å². The van der Waals surface area contributed by atoms with Crippen LogP contribution >= 0.6 is 0 Å². The molecule has 0 heterocycles. The summed E-state index contributed by atoms with van der Waals surface area (Å²) in [7, 11) is 4.08. The molecule has 0 saturated heterocycles. The van der Waals surface area contributed by atoms with Gasteiger partial charge in [-0.05, 0) is 45.3 Å². The molecular weight excluding hydrogens is 250 g/mol. The molecule has 120 valence electrons. The Morgan fingerprint density at radius 3 is 2.30 bits per heavy atom. The van der Waals surface area contributed by atoms with Gasteiger partial charge in [0.2, 0.25) is 5.91 Å². The molecule has 0 fully saturated rings. The highest BCUT2D eigenvalue weighted by Gasteiger charge is 2.17. The molecule has 2 atom stereocenters. The Morgan fingerprint density at radius 2 is 1.85 bits per heavy atom. The van der Waals surface area contributed by atoms with Crippen LogP contribution in [-0.2, 0) is 4.79 Å². The number of carbonyl (C=O) groups is 1. The molecule has 20 heavy (non-hydrogen) atoms. The van der Waals surface area contributed by atoms with Crippen molar-refractivity contribution in [2.45, 2.75) is 58.9 Å². The van der Waals surface area contributed by atoms with E-state index in [2.05, 4.69) is 31.0 Å². The Kier molecular flexibility index (Phi) is 10.8. The van der Waals surface area contributed by atoms with Crippen molar-refractivity contribution < 1.29 is 4.79 Å². The van der Waals surface area contributed by atoms with Gasteiger partial charge < -0.3 is 16.0 Å². The topological polar surface area (TPSA) is 58.4 Å². The van der Waals surface area contributed by atoms with Gasteiger partial charge in [-0.1, -0.05) is 33.6 Å². The van der Waals surface area contributed by atoms with Crippen molar-refractivity contribution >= 4 is 5.91 Å². The van der Waals surface area contributed by atoms with Crippen molar-refractivity contribution in [3.63, 3.8) is 0 Å². The predicted octanol–water partition coefficient (Wildman–Crippen LogP) is 2.23. The van der Waals surface area contributed by atoms with Crippen LogP contribution in [-0.4, -0.2) is 44.0 Å². The summed E-state index contributed by atoms with van der Waals surface area (Å²) < 4.78 is 0. The number of nitrogens with one attached hydrogen (secondary N) is 1. The zero-order chi connectivity index (χ0) is 15.5. The number of amides is 1. The van der Waals surface area contributed by atoms with Crippen LogP contribution in [0.2, 0.25) is 0 Å². The van der Waals surface area contributed by atoms with Crippen LogP contribution < -0.4 is 11.1 Å². The first-order valence-electron chi connectivity index (χ1n) is 8.04. The van der Waals surface area contributed by atoms with Crippen molar-refractivity contribution in [3.8, 4) is 0 Å². The molecule has 0 spiro atoms. The van der Waals surface area contributed by atoms with E-state index in [9.17, 15) is 4.79 Å². The van der Waals surface area contributed by atoms with Gasteiger partial charge in [0.25, 0.3) is 0 Å². The molecule has 2 unspecified atom stereocenters. The second-order valence-corrected chi connectivity index (χ2v) is 6.45. The summed E-state index contributed by atoms with van der Waals surface area (Å²) in [5.41, 5.74) is 5.64. The molecule has 1 amide bonds. The van der Waals surface area contributed by atoms with E-state index in [1.54, 1.807) is 0 Å². The quantitative estimate of drug-likeness (QED) is 0.612. The van der Waals surface area contributed by atoms with Gasteiger partial charge in [0, 0.05) is 19.0 Å². The number of nitrogens with two attached hydrogens (primary N) is 1. The van der Waals surface area contributed by atoms with Crippen LogP contribution in [0.25, 0.3) is 0 Å². The molecular formula is C16H35N3O. The molecule has 0 saturated carbocycles. The van der Waals surface area contributed by atoms with Gasteiger partial charge in [-0.3, -0.25) is 4.79 Å². The smallest absolute Gasteiger partial charge is 0.220 e. The van der Waals surface area contributed by atoms with Gasteiger partial charge in [-0.2, -0.15) is 0 Å². The summed E-state index contributed by atoms with van der Waals surface area (Å²) in [5, 5.41) is 3.18. The lowest BCUT2D eigenvalue weighted by Gasteiger charge is -2.26. The van der Waals surface area contributed by atoms with Crippen molar-refractivity contribution in [2.24, 2.45) is 17.6 Å². The molecule has 0 bridgehead atoms. The van der Waals surface area contributed by atoms with Crippen LogP contribution in [0.15, 0.2) is 0 Å². The lowest BCUT2D eigenvalue weighted by Crippen LogP contribution is -2.45. The molecule has 3 N–H and O–H groups in total. The molecule has 0 aromatic rings. The molecule has 0 rings (SSSR count). The third-order valence-corrected chi connectivity index (χ3v) is 3.76. The Hall–Kier alpha value is -0.610. The van der Waals surface area contributed by atoms with E-state index in [-0.39, 0.29) is 11.9 Å². The Labute approximate surface area is 125 Å². The average molecular weight is 285 g/mol. The van der Waals surface area contributed by atoms with Crippen LogP contribution in [0.1, 0.15) is 52.9 Å². The fourth-order valence-corrected chi connectivity index (χ4v) is 2.51. The monoisotopic (exact) mass is 285 g/mol. The number of nitrogens with zero attached hydrogens (tertiary/aromatic N) is 1. The molecule has 0 aromatic carbocycles. The van der Waals surface area contributed by atoms with E-state index in [4.69, 9.17) is 5.73 Å². The zero-order valence-electron chi connectivity index (χ0n) is 14.1. The van der Waals surface area contributed by atoms with E-state index < -0.39 is 0 Å². The fraction of sp³-hybridized carbons (Fsp3) is 0.938. The summed E-state index contributed by atoms with van der Waals surface area (Å²) >= 11 is 0. The Balaban J connectivity index is 4.17. The predicted molar refractivity (Wildman–Crippen MR) is 86.6 cm³/mol. The molecule has 0 aliphatic heterocycles. The second kappa shape index (κ2) is 11.1. The van der Waals surface area contributed by atoms with Crippen molar-refractivity contribution in [1.82, 2.24) is 10.2 Å². The third-order valence-electron chi connectivity index (χ3n) is 3.76. The minimum absolute atomic E-state index is 0.184. The van der Waals surface area contributed by atoms with Crippen LogP contribution in [0.4, 0.5) is 0 Å². The van der Waals surface area contributed by atoms with Gasteiger partial charge in [-0.15, -0.1) is 0 Å². The third kappa shape index (κ3) is 9.32. The SMILES string of the molecule is CCCC(CCN)CCC(=O)NC(CN(C)C)C(C)C. The van der Waals surface area contributed by atoms with Gasteiger partial charge in [0.05, 0.1) is 0 Å². The second-order valence-electron chi connectivity index (χ2n) is 6.45. The Morgan fingerprint density at radius 1 is 1.20 bits per heavy atom. The van der Waals surface area contributed by atoms with Crippen molar-refractivity contribution in [2.75, 3.05) is 27.2 Å². The largest absolute Gasteiger partial charge is 0.352 e. The van der Waals surface area contributed by atoms with E-state index in [0.29, 0.717) is 18.3 Å². The number of hydrogen-bond donors (Lipinski definition) is 2. The fourth-order valence-electron chi connectivity index (χ4n) is 2.51. The normalized spacial score (nSPS) is 14.6. The lowest BCUT2D eigenvalue weighted by atomic mass is 9.94. The zero-order valence-corrected chi connectivity index (χ0v) is 14.1. The van der Waals surface area contributed by atoms with Gasteiger partial charge >= 0.3 is 0 Å². The number of likely N-dealkylation sites (N-methyl/N-ethyl adjacent to an activating group) is 1. The first-order valence-corrected chi connectivity index (χ1v) is 8.04. The molecule has 0 aliphatic carbocycles. The van der Waals surface area contributed by atoms with Crippen LogP contribution in [0, 0.1) is 11.8 Å². The molecule has 0 aromatic heterocycles.